The number of hydrogen-bond donors (Lipinski definition) is 0. The minimum absolute atomic E-state index is 0.532. The standard InChI is InChI=1S/C19H11F3N2/c20-19(21,22)16-9-4-13(5-10-16)3-6-14-7-8-15(12-23)17-2-1-11-24-18(14)17/h1-11H/b6-3+. The van der Waals surface area contributed by atoms with Gasteiger partial charge in [-0.15, -0.1) is 0 Å². The number of aromatic nitrogens is 1. The molecular formula is C19H11F3N2. The number of halogens is 3. The van der Waals surface area contributed by atoms with Crippen molar-refractivity contribution < 1.29 is 13.2 Å². The molecule has 0 aliphatic heterocycles. The zero-order valence-electron chi connectivity index (χ0n) is 12.4. The van der Waals surface area contributed by atoms with Crippen molar-refractivity contribution in [1.82, 2.24) is 4.98 Å². The van der Waals surface area contributed by atoms with Gasteiger partial charge in [-0.1, -0.05) is 30.4 Å². The Morgan fingerprint density at radius 1 is 0.958 bits per heavy atom. The van der Waals surface area contributed by atoms with Gasteiger partial charge in [0, 0.05) is 17.1 Å². The van der Waals surface area contributed by atoms with Gasteiger partial charge in [0.15, 0.2) is 0 Å². The van der Waals surface area contributed by atoms with Gasteiger partial charge in [-0.25, -0.2) is 0 Å². The van der Waals surface area contributed by atoms with E-state index in [9.17, 15) is 13.2 Å². The van der Waals surface area contributed by atoms with Crippen molar-refractivity contribution >= 4 is 23.1 Å². The molecule has 0 unspecified atom stereocenters. The third-order valence-corrected chi connectivity index (χ3v) is 3.61. The van der Waals surface area contributed by atoms with E-state index in [1.807, 2.05) is 6.07 Å². The predicted octanol–water partition coefficient (Wildman–Crippen LogP) is 5.30. The number of pyridine rings is 1. The molecule has 0 fully saturated rings. The molecule has 0 spiro atoms. The van der Waals surface area contributed by atoms with Crippen LogP contribution in [0.4, 0.5) is 13.2 Å². The normalized spacial score (nSPS) is 11.8. The molecule has 0 N–H and O–H groups in total. The maximum atomic E-state index is 12.6. The van der Waals surface area contributed by atoms with E-state index in [1.54, 1.807) is 36.5 Å². The monoisotopic (exact) mass is 324 g/mol. The molecular weight excluding hydrogens is 313 g/mol. The van der Waals surface area contributed by atoms with E-state index in [4.69, 9.17) is 5.26 Å². The zero-order valence-corrected chi connectivity index (χ0v) is 12.4. The Hall–Kier alpha value is -3.13. The first-order valence-electron chi connectivity index (χ1n) is 7.12. The van der Waals surface area contributed by atoms with Gasteiger partial charge in [0.1, 0.15) is 0 Å². The minimum atomic E-state index is -4.34. The molecule has 118 valence electrons. The Labute approximate surface area is 136 Å². The fourth-order valence-electron chi connectivity index (χ4n) is 2.40. The largest absolute Gasteiger partial charge is 0.416 e. The van der Waals surface area contributed by atoms with Crippen LogP contribution in [0.1, 0.15) is 22.3 Å². The average Bonchev–Trinajstić information content (AvgIpc) is 2.59. The number of rotatable bonds is 2. The number of benzene rings is 2. The molecule has 0 atom stereocenters. The first-order chi connectivity index (χ1) is 11.5. The third-order valence-electron chi connectivity index (χ3n) is 3.61. The lowest BCUT2D eigenvalue weighted by Crippen LogP contribution is -2.03. The van der Waals surface area contributed by atoms with Gasteiger partial charge in [0.25, 0.3) is 0 Å². The van der Waals surface area contributed by atoms with E-state index >= 15 is 0 Å². The number of hydrogen-bond acceptors (Lipinski definition) is 2. The van der Waals surface area contributed by atoms with Crippen LogP contribution >= 0.6 is 0 Å². The molecule has 0 amide bonds. The Morgan fingerprint density at radius 3 is 2.38 bits per heavy atom. The van der Waals surface area contributed by atoms with Gasteiger partial charge in [0.05, 0.1) is 22.7 Å². The average molecular weight is 324 g/mol. The van der Waals surface area contributed by atoms with Gasteiger partial charge in [-0.3, -0.25) is 4.98 Å². The van der Waals surface area contributed by atoms with Crippen LogP contribution in [0.5, 0.6) is 0 Å². The van der Waals surface area contributed by atoms with Gasteiger partial charge in [0.2, 0.25) is 0 Å². The van der Waals surface area contributed by atoms with Crippen LogP contribution in [0.3, 0.4) is 0 Å². The molecule has 1 aromatic heterocycles. The first kappa shape index (κ1) is 15.8. The van der Waals surface area contributed by atoms with Crippen molar-refractivity contribution in [2.45, 2.75) is 6.18 Å². The molecule has 0 bridgehead atoms. The van der Waals surface area contributed by atoms with E-state index in [-0.39, 0.29) is 0 Å². The fourth-order valence-corrected chi connectivity index (χ4v) is 2.40. The SMILES string of the molecule is N#Cc1ccc(/C=C/c2ccc(C(F)(F)F)cc2)c2ncccc12. The van der Waals surface area contributed by atoms with Crippen molar-refractivity contribution in [1.29, 1.82) is 5.26 Å². The summed E-state index contributed by atoms with van der Waals surface area (Å²) >= 11 is 0. The highest BCUT2D eigenvalue weighted by Crippen LogP contribution is 2.29. The molecule has 24 heavy (non-hydrogen) atoms. The van der Waals surface area contributed by atoms with Crippen molar-refractivity contribution in [3.05, 3.63) is 77.0 Å². The molecule has 2 nitrogen and oxygen atoms in total. The lowest BCUT2D eigenvalue weighted by molar-refractivity contribution is -0.137. The fraction of sp³-hybridized carbons (Fsp3) is 0.0526. The van der Waals surface area contributed by atoms with Gasteiger partial charge in [-0.05, 0) is 35.9 Å². The number of alkyl halides is 3. The van der Waals surface area contributed by atoms with E-state index < -0.39 is 11.7 Å². The molecule has 3 aromatic rings. The lowest BCUT2D eigenvalue weighted by Gasteiger charge is -2.06. The topological polar surface area (TPSA) is 36.7 Å². The highest BCUT2D eigenvalue weighted by Gasteiger charge is 2.29. The summed E-state index contributed by atoms with van der Waals surface area (Å²) in [7, 11) is 0. The number of nitrogens with zero attached hydrogens (tertiary/aromatic N) is 2. The van der Waals surface area contributed by atoms with Crippen molar-refractivity contribution in [3.63, 3.8) is 0 Å². The van der Waals surface area contributed by atoms with Gasteiger partial charge in [-0.2, -0.15) is 18.4 Å². The zero-order chi connectivity index (χ0) is 17.2. The van der Waals surface area contributed by atoms with Crippen LogP contribution in [-0.4, -0.2) is 4.98 Å². The van der Waals surface area contributed by atoms with Gasteiger partial charge >= 0.3 is 6.18 Å². The summed E-state index contributed by atoms with van der Waals surface area (Å²) in [6.45, 7) is 0. The summed E-state index contributed by atoms with van der Waals surface area (Å²) in [5, 5.41) is 9.88. The van der Waals surface area contributed by atoms with Crippen LogP contribution < -0.4 is 0 Å². The Bertz CT molecular complexity index is 949. The molecule has 0 aliphatic carbocycles. The maximum absolute atomic E-state index is 12.6. The molecule has 3 rings (SSSR count). The summed E-state index contributed by atoms with van der Waals surface area (Å²) in [5.74, 6) is 0. The molecule has 1 heterocycles. The maximum Gasteiger partial charge on any atom is 0.416 e. The van der Waals surface area contributed by atoms with E-state index in [0.717, 1.165) is 23.1 Å². The Balaban J connectivity index is 1.96. The third kappa shape index (κ3) is 3.13. The summed E-state index contributed by atoms with van der Waals surface area (Å²) in [6, 6.07) is 14.1. The van der Waals surface area contributed by atoms with Gasteiger partial charge < -0.3 is 0 Å². The Morgan fingerprint density at radius 2 is 1.71 bits per heavy atom. The van der Waals surface area contributed by atoms with Crippen molar-refractivity contribution in [3.8, 4) is 6.07 Å². The van der Waals surface area contributed by atoms with Crippen LogP contribution in [0, 0.1) is 11.3 Å². The van der Waals surface area contributed by atoms with E-state index in [2.05, 4.69) is 11.1 Å². The second-order valence-corrected chi connectivity index (χ2v) is 5.17. The highest BCUT2D eigenvalue weighted by molar-refractivity contribution is 5.93. The van der Waals surface area contributed by atoms with Crippen LogP contribution in [0.25, 0.3) is 23.1 Å². The molecule has 0 saturated heterocycles. The van der Waals surface area contributed by atoms with Crippen LogP contribution in [0.2, 0.25) is 0 Å². The molecule has 2 aromatic carbocycles. The second kappa shape index (κ2) is 6.17. The van der Waals surface area contributed by atoms with E-state index in [0.29, 0.717) is 16.6 Å². The van der Waals surface area contributed by atoms with Crippen molar-refractivity contribution in [2.75, 3.05) is 0 Å². The number of nitriles is 1. The highest BCUT2D eigenvalue weighted by atomic mass is 19.4. The lowest BCUT2D eigenvalue weighted by atomic mass is 10.0. The summed E-state index contributed by atoms with van der Waals surface area (Å²) < 4.78 is 37.7. The predicted molar refractivity (Wildman–Crippen MR) is 86.8 cm³/mol. The number of fused-ring (bicyclic) bond motifs is 1. The van der Waals surface area contributed by atoms with E-state index in [1.165, 1.54) is 12.1 Å². The quantitative estimate of drug-likeness (QED) is 0.600. The summed E-state index contributed by atoms with van der Waals surface area (Å²) in [4.78, 5) is 4.30. The van der Waals surface area contributed by atoms with Crippen molar-refractivity contribution in [2.24, 2.45) is 0 Å². The molecule has 0 saturated carbocycles. The summed E-state index contributed by atoms with van der Waals surface area (Å²) in [5.41, 5.74) is 1.98. The van der Waals surface area contributed by atoms with Crippen LogP contribution in [0.15, 0.2) is 54.7 Å². The molecule has 0 radical (unpaired) electrons. The minimum Gasteiger partial charge on any atom is -0.256 e. The molecule has 5 heteroatoms. The summed E-state index contributed by atoms with van der Waals surface area (Å²) in [6.07, 6.45) is 0.795. The van der Waals surface area contributed by atoms with Crippen LogP contribution in [-0.2, 0) is 6.18 Å². The Kier molecular flexibility index (Phi) is 4.05. The molecule has 0 aliphatic rings. The smallest absolute Gasteiger partial charge is 0.256 e. The second-order valence-electron chi connectivity index (χ2n) is 5.17. The first-order valence-corrected chi connectivity index (χ1v) is 7.12.